The lowest BCUT2D eigenvalue weighted by atomic mass is 10.0. The Bertz CT molecular complexity index is 667. The Labute approximate surface area is 120 Å². The summed E-state index contributed by atoms with van der Waals surface area (Å²) in [6.45, 7) is 1.38. The second-order valence-electron chi connectivity index (χ2n) is 4.86. The molecule has 1 aromatic carbocycles. The summed E-state index contributed by atoms with van der Waals surface area (Å²) in [5.74, 6) is -2.54. The fraction of sp³-hybridized carbons (Fsp3) is 0.286. The number of likely N-dealkylation sites (N-methyl/N-ethyl adjacent to an activating group) is 1. The first-order valence-corrected chi connectivity index (χ1v) is 6.22. The molecule has 7 nitrogen and oxygen atoms in total. The third-order valence-corrected chi connectivity index (χ3v) is 3.60. The Hall–Kier alpha value is -2.70. The van der Waals surface area contributed by atoms with Crippen LogP contribution in [0, 0.1) is 0 Å². The minimum atomic E-state index is -1.13. The third kappa shape index (κ3) is 2.26. The molecule has 1 aliphatic rings. The normalized spacial score (nSPS) is 14.9. The minimum absolute atomic E-state index is 0.157. The highest BCUT2D eigenvalue weighted by Crippen LogP contribution is 2.23. The highest BCUT2D eigenvalue weighted by atomic mass is 16.4. The van der Waals surface area contributed by atoms with Crippen molar-refractivity contribution in [2.75, 3.05) is 14.1 Å². The number of nitrogens with zero attached hydrogens (tertiary/aromatic N) is 2. The number of carbonyl (C=O) groups excluding carboxylic acids is 3. The molecule has 0 radical (unpaired) electrons. The fourth-order valence-corrected chi connectivity index (χ4v) is 2.04. The number of imide groups is 1. The number of carbonyl (C=O) groups is 4. The van der Waals surface area contributed by atoms with Crippen LogP contribution in [0.3, 0.4) is 0 Å². The van der Waals surface area contributed by atoms with Gasteiger partial charge in [-0.2, -0.15) is 0 Å². The van der Waals surface area contributed by atoms with E-state index in [0.717, 1.165) is 9.80 Å². The van der Waals surface area contributed by atoms with Crippen LogP contribution in [0.4, 0.5) is 0 Å². The van der Waals surface area contributed by atoms with E-state index in [1.807, 2.05) is 0 Å². The van der Waals surface area contributed by atoms with E-state index in [1.54, 1.807) is 0 Å². The quantitative estimate of drug-likeness (QED) is 0.816. The van der Waals surface area contributed by atoms with Crippen LogP contribution in [0.25, 0.3) is 0 Å². The predicted octanol–water partition coefficient (Wildman–Crippen LogP) is 0.458. The van der Waals surface area contributed by atoms with Crippen LogP contribution in [0.2, 0.25) is 0 Å². The zero-order valence-electron chi connectivity index (χ0n) is 11.8. The lowest BCUT2D eigenvalue weighted by Gasteiger charge is -2.21. The highest BCUT2D eigenvalue weighted by Gasteiger charge is 2.33. The van der Waals surface area contributed by atoms with Crippen LogP contribution >= 0.6 is 0 Å². The summed E-state index contributed by atoms with van der Waals surface area (Å²) in [6, 6.07) is 3.15. The van der Waals surface area contributed by atoms with Gasteiger partial charge in [-0.15, -0.1) is 0 Å². The van der Waals surface area contributed by atoms with Crippen LogP contribution < -0.4 is 0 Å². The van der Waals surface area contributed by atoms with Gasteiger partial charge in [-0.3, -0.25) is 19.3 Å². The number of benzene rings is 1. The van der Waals surface area contributed by atoms with Crippen molar-refractivity contribution >= 4 is 23.7 Å². The monoisotopic (exact) mass is 290 g/mol. The summed E-state index contributed by atoms with van der Waals surface area (Å²) >= 11 is 0. The predicted molar refractivity (Wildman–Crippen MR) is 72.1 cm³/mol. The zero-order chi connectivity index (χ0) is 15.9. The molecule has 1 aromatic rings. The topological polar surface area (TPSA) is 95.0 Å². The largest absolute Gasteiger partial charge is 0.480 e. The molecule has 3 amide bonds. The number of rotatable bonds is 3. The number of hydrogen-bond acceptors (Lipinski definition) is 4. The van der Waals surface area contributed by atoms with Crippen molar-refractivity contribution < 1.29 is 24.3 Å². The first-order chi connectivity index (χ1) is 9.75. The lowest BCUT2D eigenvalue weighted by molar-refractivity contribution is -0.141. The van der Waals surface area contributed by atoms with Crippen molar-refractivity contribution in [3.8, 4) is 0 Å². The smallest absolute Gasteiger partial charge is 0.326 e. The van der Waals surface area contributed by atoms with Gasteiger partial charge in [0.15, 0.2) is 0 Å². The van der Waals surface area contributed by atoms with Gasteiger partial charge in [0.25, 0.3) is 17.7 Å². The minimum Gasteiger partial charge on any atom is -0.480 e. The molecule has 0 bridgehead atoms. The molecule has 2 rings (SSSR count). The summed E-state index contributed by atoms with van der Waals surface area (Å²) in [4.78, 5) is 48.8. The number of carboxylic acid groups (broad SMARTS) is 1. The summed E-state index contributed by atoms with van der Waals surface area (Å²) in [7, 11) is 2.73. The summed E-state index contributed by atoms with van der Waals surface area (Å²) < 4.78 is 0. The molecule has 0 fully saturated rings. The number of aliphatic carboxylic acids is 1. The van der Waals surface area contributed by atoms with Crippen molar-refractivity contribution in [3.05, 3.63) is 34.9 Å². The maximum absolute atomic E-state index is 12.2. The summed E-state index contributed by atoms with van der Waals surface area (Å²) in [6.07, 6.45) is 0. The zero-order valence-corrected chi connectivity index (χ0v) is 11.8. The lowest BCUT2D eigenvalue weighted by Crippen LogP contribution is -2.40. The molecular formula is C14H14N2O5. The van der Waals surface area contributed by atoms with Crippen LogP contribution in [-0.2, 0) is 4.79 Å². The van der Waals surface area contributed by atoms with Crippen LogP contribution in [0.15, 0.2) is 18.2 Å². The Morgan fingerprint density at radius 1 is 1.19 bits per heavy atom. The van der Waals surface area contributed by atoms with E-state index >= 15 is 0 Å². The molecule has 0 aliphatic carbocycles. The Morgan fingerprint density at radius 2 is 1.76 bits per heavy atom. The van der Waals surface area contributed by atoms with Crippen LogP contribution in [-0.4, -0.2) is 58.7 Å². The van der Waals surface area contributed by atoms with Gasteiger partial charge in [-0.1, -0.05) is 0 Å². The number of fused-ring (bicyclic) bond motifs is 1. The first-order valence-electron chi connectivity index (χ1n) is 6.22. The summed E-state index contributed by atoms with van der Waals surface area (Å²) in [5, 5.41) is 8.92. The van der Waals surface area contributed by atoms with E-state index < -0.39 is 29.7 Å². The molecule has 1 unspecified atom stereocenters. The van der Waals surface area contributed by atoms with Gasteiger partial charge in [-0.25, -0.2) is 4.79 Å². The molecule has 0 saturated heterocycles. The molecule has 110 valence electrons. The number of amides is 3. The Kier molecular flexibility index (Phi) is 3.51. The molecule has 1 heterocycles. The van der Waals surface area contributed by atoms with Gasteiger partial charge < -0.3 is 10.0 Å². The molecule has 0 saturated carbocycles. The second kappa shape index (κ2) is 5.01. The molecular weight excluding hydrogens is 276 g/mol. The fourth-order valence-electron chi connectivity index (χ4n) is 2.04. The maximum atomic E-state index is 12.2. The molecule has 21 heavy (non-hydrogen) atoms. The van der Waals surface area contributed by atoms with Crippen LogP contribution in [0.1, 0.15) is 38.0 Å². The summed E-state index contributed by atoms with van der Waals surface area (Å²) in [5.41, 5.74) is 0.568. The van der Waals surface area contributed by atoms with Crippen molar-refractivity contribution in [2.45, 2.75) is 13.0 Å². The van der Waals surface area contributed by atoms with Gasteiger partial charge in [0.05, 0.1) is 11.1 Å². The van der Waals surface area contributed by atoms with Gasteiger partial charge >= 0.3 is 5.97 Å². The van der Waals surface area contributed by atoms with E-state index in [0.29, 0.717) is 0 Å². The number of carboxylic acids is 1. The molecule has 0 aromatic heterocycles. The molecule has 1 atom stereocenters. The van der Waals surface area contributed by atoms with Crippen molar-refractivity contribution in [2.24, 2.45) is 0 Å². The van der Waals surface area contributed by atoms with E-state index in [1.165, 1.54) is 39.2 Å². The standard InChI is InChI=1S/C14H14N2O5/c1-7(14(20)21)15(2)11(17)8-4-5-9-10(6-8)13(19)16(3)12(9)18/h4-7H,1-3H3,(H,20,21). The van der Waals surface area contributed by atoms with Gasteiger partial charge in [0, 0.05) is 19.7 Å². The van der Waals surface area contributed by atoms with Crippen molar-refractivity contribution in [3.63, 3.8) is 0 Å². The van der Waals surface area contributed by atoms with Crippen LogP contribution in [0.5, 0.6) is 0 Å². The second-order valence-corrected chi connectivity index (χ2v) is 4.86. The average molecular weight is 290 g/mol. The molecule has 0 spiro atoms. The van der Waals surface area contributed by atoms with Crippen molar-refractivity contribution in [1.29, 1.82) is 0 Å². The Balaban J connectivity index is 2.36. The van der Waals surface area contributed by atoms with E-state index in [4.69, 9.17) is 5.11 Å². The molecule has 7 heteroatoms. The van der Waals surface area contributed by atoms with E-state index in [2.05, 4.69) is 0 Å². The SMILES string of the molecule is CC(C(=O)O)N(C)C(=O)c1ccc2c(c1)C(=O)N(C)C2=O. The van der Waals surface area contributed by atoms with E-state index in [9.17, 15) is 19.2 Å². The number of hydrogen-bond donors (Lipinski definition) is 1. The maximum Gasteiger partial charge on any atom is 0.326 e. The third-order valence-electron chi connectivity index (χ3n) is 3.60. The first kappa shape index (κ1) is 14.7. The van der Waals surface area contributed by atoms with Crippen molar-refractivity contribution in [1.82, 2.24) is 9.80 Å². The van der Waals surface area contributed by atoms with Gasteiger partial charge in [-0.05, 0) is 25.1 Å². The Morgan fingerprint density at radius 3 is 2.33 bits per heavy atom. The highest BCUT2D eigenvalue weighted by molar-refractivity contribution is 6.21. The van der Waals surface area contributed by atoms with Gasteiger partial charge in [0.1, 0.15) is 6.04 Å². The van der Waals surface area contributed by atoms with Gasteiger partial charge in [0.2, 0.25) is 0 Å². The molecule has 1 N–H and O–H groups in total. The van der Waals surface area contributed by atoms with E-state index in [-0.39, 0.29) is 16.7 Å². The molecule has 1 aliphatic heterocycles. The average Bonchev–Trinajstić information content (AvgIpc) is 2.69.